The molecule has 0 fully saturated rings. The number of rotatable bonds is 5. The minimum Gasteiger partial charge on any atom is -0.327 e. The van der Waals surface area contributed by atoms with Crippen molar-refractivity contribution in [1.82, 2.24) is 4.90 Å². The SMILES string of the molecule is C=C(CN)CN(C)Cc1ccccc1F. The molecule has 0 spiro atoms. The molecule has 0 radical (unpaired) electrons. The predicted molar refractivity (Wildman–Crippen MR) is 60.9 cm³/mol. The normalized spacial score (nSPS) is 10.7. The van der Waals surface area contributed by atoms with Gasteiger partial charge < -0.3 is 5.73 Å². The van der Waals surface area contributed by atoms with Crippen molar-refractivity contribution in [1.29, 1.82) is 0 Å². The Kier molecular flexibility index (Phi) is 4.46. The van der Waals surface area contributed by atoms with E-state index >= 15 is 0 Å². The van der Waals surface area contributed by atoms with E-state index in [0.717, 1.165) is 5.57 Å². The monoisotopic (exact) mass is 208 g/mol. The molecule has 0 aliphatic rings. The summed E-state index contributed by atoms with van der Waals surface area (Å²) in [6.45, 7) is 5.56. The van der Waals surface area contributed by atoms with Crippen molar-refractivity contribution in [2.24, 2.45) is 5.73 Å². The zero-order valence-electron chi connectivity index (χ0n) is 9.04. The molecule has 0 amide bonds. The summed E-state index contributed by atoms with van der Waals surface area (Å²) in [7, 11) is 1.92. The first-order valence-corrected chi connectivity index (χ1v) is 4.92. The molecular formula is C12H17FN2. The Hall–Kier alpha value is -1.19. The van der Waals surface area contributed by atoms with E-state index in [9.17, 15) is 4.39 Å². The number of hydrogen-bond donors (Lipinski definition) is 1. The first kappa shape index (κ1) is 11.9. The van der Waals surface area contributed by atoms with Crippen molar-refractivity contribution in [2.45, 2.75) is 6.54 Å². The first-order valence-electron chi connectivity index (χ1n) is 4.92. The van der Waals surface area contributed by atoms with E-state index in [-0.39, 0.29) is 5.82 Å². The number of halogens is 1. The van der Waals surface area contributed by atoms with Crippen molar-refractivity contribution in [2.75, 3.05) is 20.1 Å². The molecular weight excluding hydrogens is 191 g/mol. The maximum Gasteiger partial charge on any atom is 0.127 e. The van der Waals surface area contributed by atoms with Crippen LogP contribution in [0.25, 0.3) is 0 Å². The quantitative estimate of drug-likeness (QED) is 0.747. The van der Waals surface area contributed by atoms with Crippen molar-refractivity contribution in [3.05, 3.63) is 47.8 Å². The van der Waals surface area contributed by atoms with Crippen LogP contribution in [0.1, 0.15) is 5.56 Å². The Morgan fingerprint density at radius 2 is 2.13 bits per heavy atom. The molecule has 1 aromatic carbocycles. The second-order valence-electron chi connectivity index (χ2n) is 3.72. The summed E-state index contributed by atoms with van der Waals surface area (Å²) in [4.78, 5) is 1.99. The minimum absolute atomic E-state index is 0.164. The highest BCUT2D eigenvalue weighted by Gasteiger charge is 2.05. The van der Waals surface area contributed by atoms with Crippen LogP contribution in [0, 0.1) is 5.82 Å². The summed E-state index contributed by atoms with van der Waals surface area (Å²) in [6.07, 6.45) is 0. The van der Waals surface area contributed by atoms with Gasteiger partial charge in [-0.15, -0.1) is 0 Å². The van der Waals surface area contributed by atoms with Gasteiger partial charge in [-0.25, -0.2) is 4.39 Å². The molecule has 0 aromatic heterocycles. The van der Waals surface area contributed by atoms with Gasteiger partial charge in [0, 0.05) is 25.2 Å². The van der Waals surface area contributed by atoms with Gasteiger partial charge in [-0.3, -0.25) is 4.90 Å². The summed E-state index contributed by atoms with van der Waals surface area (Å²) in [5.74, 6) is -0.164. The van der Waals surface area contributed by atoms with Gasteiger partial charge in [0.15, 0.2) is 0 Å². The van der Waals surface area contributed by atoms with Gasteiger partial charge >= 0.3 is 0 Å². The molecule has 0 heterocycles. The fourth-order valence-corrected chi connectivity index (χ4v) is 1.42. The molecule has 82 valence electrons. The van der Waals surface area contributed by atoms with E-state index in [4.69, 9.17) is 5.73 Å². The maximum absolute atomic E-state index is 13.3. The van der Waals surface area contributed by atoms with E-state index in [0.29, 0.717) is 25.2 Å². The first-order chi connectivity index (χ1) is 7.13. The summed E-state index contributed by atoms with van der Waals surface area (Å²) in [5.41, 5.74) is 7.09. The highest BCUT2D eigenvalue weighted by Crippen LogP contribution is 2.09. The van der Waals surface area contributed by atoms with Crippen molar-refractivity contribution in [3.8, 4) is 0 Å². The van der Waals surface area contributed by atoms with Crippen molar-refractivity contribution >= 4 is 0 Å². The molecule has 1 rings (SSSR count). The molecule has 2 N–H and O–H groups in total. The molecule has 0 aliphatic carbocycles. The molecule has 0 bridgehead atoms. The second kappa shape index (κ2) is 5.63. The third-order valence-electron chi connectivity index (χ3n) is 2.18. The summed E-state index contributed by atoms with van der Waals surface area (Å²) < 4.78 is 13.3. The molecule has 1 aromatic rings. The lowest BCUT2D eigenvalue weighted by atomic mass is 10.2. The molecule has 0 atom stereocenters. The van der Waals surface area contributed by atoms with Crippen LogP contribution in [-0.2, 0) is 6.54 Å². The average Bonchev–Trinajstić information content (AvgIpc) is 2.21. The topological polar surface area (TPSA) is 29.3 Å². The zero-order chi connectivity index (χ0) is 11.3. The highest BCUT2D eigenvalue weighted by molar-refractivity contribution is 5.17. The molecule has 0 saturated carbocycles. The lowest BCUT2D eigenvalue weighted by Crippen LogP contribution is -2.23. The van der Waals surface area contributed by atoms with Gasteiger partial charge in [-0.2, -0.15) is 0 Å². The summed E-state index contributed by atoms with van der Waals surface area (Å²) in [6, 6.07) is 6.79. The number of benzene rings is 1. The Bertz CT molecular complexity index is 336. The van der Waals surface area contributed by atoms with Gasteiger partial charge in [-0.05, 0) is 18.7 Å². The van der Waals surface area contributed by atoms with E-state index in [1.54, 1.807) is 12.1 Å². The molecule has 0 aliphatic heterocycles. The van der Waals surface area contributed by atoms with Gasteiger partial charge in [0.25, 0.3) is 0 Å². The summed E-state index contributed by atoms with van der Waals surface area (Å²) >= 11 is 0. The second-order valence-corrected chi connectivity index (χ2v) is 3.72. The van der Waals surface area contributed by atoms with E-state index in [2.05, 4.69) is 6.58 Å². The number of nitrogens with two attached hydrogens (primary N) is 1. The van der Waals surface area contributed by atoms with Gasteiger partial charge in [0.1, 0.15) is 5.82 Å². The van der Waals surface area contributed by atoms with Gasteiger partial charge in [-0.1, -0.05) is 24.8 Å². The zero-order valence-corrected chi connectivity index (χ0v) is 9.04. The lowest BCUT2D eigenvalue weighted by molar-refractivity contribution is 0.347. The Balaban J connectivity index is 2.55. The molecule has 2 nitrogen and oxygen atoms in total. The molecule has 15 heavy (non-hydrogen) atoms. The van der Waals surface area contributed by atoms with Crippen LogP contribution in [0.2, 0.25) is 0 Å². The van der Waals surface area contributed by atoms with E-state index < -0.39 is 0 Å². The molecule has 0 saturated heterocycles. The Morgan fingerprint density at radius 1 is 1.47 bits per heavy atom. The van der Waals surface area contributed by atoms with Gasteiger partial charge in [0.05, 0.1) is 0 Å². The highest BCUT2D eigenvalue weighted by atomic mass is 19.1. The largest absolute Gasteiger partial charge is 0.327 e. The third-order valence-corrected chi connectivity index (χ3v) is 2.18. The van der Waals surface area contributed by atoms with Crippen molar-refractivity contribution in [3.63, 3.8) is 0 Å². The number of nitrogens with zero attached hydrogens (tertiary/aromatic N) is 1. The van der Waals surface area contributed by atoms with E-state index in [1.807, 2.05) is 18.0 Å². The molecule has 0 unspecified atom stereocenters. The van der Waals surface area contributed by atoms with Crippen LogP contribution in [0.15, 0.2) is 36.4 Å². The van der Waals surface area contributed by atoms with E-state index in [1.165, 1.54) is 6.07 Å². The standard InChI is InChI=1S/C12H17FN2/c1-10(7-14)8-15(2)9-11-5-3-4-6-12(11)13/h3-6H,1,7-9,14H2,2H3. The average molecular weight is 208 g/mol. The maximum atomic E-state index is 13.3. The lowest BCUT2D eigenvalue weighted by Gasteiger charge is -2.17. The predicted octanol–water partition coefficient (Wildman–Crippen LogP) is 1.77. The Morgan fingerprint density at radius 3 is 2.73 bits per heavy atom. The van der Waals surface area contributed by atoms with Crippen LogP contribution in [-0.4, -0.2) is 25.0 Å². The number of hydrogen-bond acceptors (Lipinski definition) is 2. The van der Waals surface area contributed by atoms with Crippen molar-refractivity contribution < 1.29 is 4.39 Å². The van der Waals surface area contributed by atoms with Gasteiger partial charge in [0.2, 0.25) is 0 Å². The van der Waals surface area contributed by atoms with Crippen LogP contribution in [0.3, 0.4) is 0 Å². The smallest absolute Gasteiger partial charge is 0.127 e. The number of likely N-dealkylation sites (N-methyl/N-ethyl adjacent to an activating group) is 1. The van der Waals surface area contributed by atoms with Crippen LogP contribution in [0.5, 0.6) is 0 Å². The third kappa shape index (κ3) is 3.81. The molecule has 3 heteroatoms. The fourth-order valence-electron chi connectivity index (χ4n) is 1.42. The fraction of sp³-hybridized carbons (Fsp3) is 0.333. The van der Waals surface area contributed by atoms with Crippen LogP contribution >= 0.6 is 0 Å². The van der Waals surface area contributed by atoms with Crippen LogP contribution in [0.4, 0.5) is 4.39 Å². The summed E-state index contributed by atoms with van der Waals surface area (Å²) in [5, 5.41) is 0. The Labute approximate surface area is 90.2 Å². The minimum atomic E-state index is -0.164. The van der Waals surface area contributed by atoms with Crippen LogP contribution < -0.4 is 5.73 Å².